The summed E-state index contributed by atoms with van der Waals surface area (Å²) in [5.74, 6) is -3.10. The number of carboxylic acid groups (broad SMARTS) is 1. The molecular weight excluding hydrogens is 244 g/mol. The molecule has 0 saturated carbocycles. The zero-order chi connectivity index (χ0) is 13.6. The Kier molecular flexibility index (Phi) is 2.32. The van der Waals surface area contributed by atoms with Crippen molar-refractivity contribution in [2.75, 3.05) is 0 Å². The maximum atomic E-state index is 11.9. The maximum absolute atomic E-state index is 11.9. The third kappa shape index (κ3) is 1.57. The number of carboxylic acids is 1. The molecule has 0 radical (unpaired) electrons. The summed E-state index contributed by atoms with van der Waals surface area (Å²) in [7, 11) is 0. The van der Waals surface area contributed by atoms with Gasteiger partial charge in [0.1, 0.15) is 5.57 Å². The van der Waals surface area contributed by atoms with Gasteiger partial charge in [-0.2, -0.15) is 0 Å². The summed E-state index contributed by atoms with van der Waals surface area (Å²) >= 11 is 0. The van der Waals surface area contributed by atoms with Gasteiger partial charge in [0.25, 0.3) is 0 Å². The molecule has 0 atom stereocenters. The third-order valence-corrected chi connectivity index (χ3v) is 3.19. The molecule has 2 aromatic carbocycles. The number of hydrogen-bond donors (Lipinski definition) is 1. The van der Waals surface area contributed by atoms with E-state index in [0.717, 1.165) is 10.8 Å². The molecule has 92 valence electrons. The normalized spacial score (nSPS) is 14.2. The van der Waals surface area contributed by atoms with E-state index in [0.29, 0.717) is 5.56 Å². The van der Waals surface area contributed by atoms with Crippen LogP contribution in [-0.4, -0.2) is 22.6 Å². The number of benzene rings is 2. The van der Waals surface area contributed by atoms with Gasteiger partial charge in [-0.25, -0.2) is 4.79 Å². The molecular formula is C15H8O4. The van der Waals surface area contributed by atoms with E-state index in [1.807, 2.05) is 12.1 Å². The zero-order valence-corrected chi connectivity index (χ0v) is 9.71. The molecule has 0 saturated heterocycles. The SMILES string of the molecule is O=C(O)C1=Cc2c(ccc3ccccc23)C(=O)C1=O. The first-order chi connectivity index (χ1) is 9.09. The summed E-state index contributed by atoms with van der Waals surface area (Å²) in [6.45, 7) is 0. The number of carbonyl (C=O) groups is 3. The Bertz CT molecular complexity index is 784. The van der Waals surface area contributed by atoms with Crippen molar-refractivity contribution in [2.24, 2.45) is 0 Å². The molecule has 0 fully saturated rings. The molecule has 19 heavy (non-hydrogen) atoms. The first-order valence-corrected chi connectivity index (χ1v) is 5.65. The van der Waals surface area contributed by atoms with Gasteiger partial charge in [0.2, 0.25) is 11.6 Å². The largest absolute Gasteiger partial charge is 0.478 e. The lowest BCUT2D eigenvalue weighted by Gasteiger charge is -2.14. The number of hydrogen-bond acceptors (Lipinski definition) is 3. The number of aliphatic carboxylic acids is 1. The summed E-state index contributed by atoms with van der Waals surface area (Å²) in [5, 5.41) is 10.6. The van der Waals surface area contributed by atoms with E-state index in [9.17, 15) is 14.4 Å². The van der Waals surface area contributed by atoms with Crippen molar-refractivity contribution in [2.45, 2.75) is 0 Å². The minimum absolute atomic E-state index is 0.258. The molecule has 0 heterocycles. The van der Waals surface area contributed by atoms with Crippen molar-refractivity contribution in [1.29, 1.82) is 0 Å². The minimum Gasteiger partial charge on any atom is -0.478 e. The van der Waals surface area contributed by atoms with Crippen LogP contribution >= 0.6 is 0 Å². The smallest absolute Gasteiger partial charge is 0.339 e. The van der Waals surface area contributed by atoms with Crippen molar-refractivity contribution in [3.63, 3.8) is 0 Å². The van der Waals surface area contributed by atoms with Gasteiger partial charge in [0.15, 0.2) is 0 Å². The van der Waals surface area contributed by atoms with E-state index in [2.05, 4.69) is 0 Å². The molecule has 1 aliphatic rings. The molecule has 0 aliphatic heterocycles. The predicted octanol–water partition coefficient (Wildman–Crippen LogP) is 2.07. The average molecular weight is 252 g/mol. The quantitative estimate of drug-likeness (QED) is 0.623. The van der Waals surface area contributed by atoms with Gasteiger partial charge >= 0.3 is 5.97 Å². The van der Waals surface area contributed by atoms with Gasteiger partial charge in [0, 0.05) is 5.56 Å². The highest BCUT2D eigenvalue weighted by Gasteiger charge is 2.31. The Morgan fingerprint density at radius 3 is 2.42 bits per heavy atom. The van der Waals surface area contributed by atoms with Gasteiger partial charge in [-0.15, -0.1) is 0 Å². The molecule has 1 N–H and O–H groups in total. The van der Waals surface area contributed by atoms with Gasteiger partial charge in [-0.05, 0) is 28.5 Å². The Balaban J connectivity index is 2.41. The number of carbonyl (C=O) groups excluding carboxylic acids is 2. The van der Waals surface area contributed by atoms with Crippen LogP contribution in [0.25, 0.3) is 16.8 Å². The van der Waals surface area contributed by atoms with Crippen LogP contribution in [0.15, 0.2) is 42.0 Å². The van der Waals surface area contributed by atoms with Gasteiger partial charge in [0.05, 0.1) is 0 Å². The van der Waals surface area contributed by atoms with Crippen LogP contribution in [0.5, 0.6) is 0 Å². The lowest BCUT2D eigenvalue weighted by Crippen LogP contribution is -2.25. The van der Waals surface area contributed by atoms with Gasteiger partial charge in [-0.3, -0.25) is 9.59 Å². The van der Waals surface area contributed by atoms with Crippen LogP contribution in [0.3, 0.4) is 0 Å². The van der Waals surface area contributed by atoms with Crippen molar-refractivity contribution in [3.8, 4) is 0 Å². The van der Waals surface area contributed by atoms with Crippen LogP contribution in [0, 0.1) is 0 Å². The second-order valence-electron chi connectivity index (χ2n) is 4.27. The number of ketones is 2. The highest BCUT2D eigenvalue weighted by Crippen LogP contribution is 2.29. The number of Topliss-reactive ketones (excluding diaryl/α,β-unsaturated/α-hetero) is 2. The zero-order valence-electron chi connectivity index (χ0n) is 9.71. The Morgan fingerprint density at radius 2 is 1.68 bits per heavy atom. The fourth-order valence-corrected chi connectivity index (χ4v) is 2.26. The fourth-order valence-electron chi connectivity index (χ4n) is 2.26. The van der Waals surface area contributed by atoms with Crippen molar-refractivity contribution in [1.82, 2.24) is 0 Å². The van der Waals surface area contributed by atoms with Crippen molar-refractivity contribution in [3.05, 3.63) is 53.1 Å². The molecule has 4 nitrogen and oxygen atoms in total. The summed E-state index contributed by atoms with van der Waals surface area (Å²) < 4.78 is 0. The van der Waals surface area contributed by atoms with Crippen molar-refractivity contribution < 1.29 is 19.5 Å². The van der Waals surface area contributed by atoms with Crippen LogP contribution in [-0.2, 0) is 9.59 Å². The topological polar surface area (TPSA) is 71.4 Å². The van der Waals surface area contributed by atoms with Crippen LogP contribution in [0.4, 0.5) is 0 Å². The molecule has 4 heteroatoms. The lowest BCUT2D eigenvalue weighted by atomic mass is 9.87. The molecule has 1 aliphatic carbocycles. The van der Waals surface area contributed by atoms with Gasteiger partial charge in [-0.1, -0.05) is 30.3 Å². The number of fused-ring (bicyclic) bond motifs is 3. The monoisotopic (exact) mass is 252 g/mol. The van der Waals surface area contributed by atoms with E-state index < -0.39 is 23.1 Å². The molecule has 0 bridgehead atoms. The summed E-state index contributed by atoms with van der Waals surface area (Å²) in [6, 6.07) is 10.6. The Labute approximate surface area is 108 Å². The predicted molar refractivity (Wildman–Crippen MR) is 68.9 cm³/mol. The summed E-state index contributed by atoms with van der Waals surface area (Å²) in [6.07, 6.45) is 1.28. The molecule has 0 unspecified atom stereocenters. The van der Waals surface area contributed by atoms with E-state index in [1.165, 1.54) is 6.08 Å². The number of rotatable bonds is 1. The lowest BCUT2D eigenvalue weighted by molar-refractivity contribution is -0.134. The minimum atomic E-state index is -1.38. The highest BCUT2D eigenvalue weighted by atomic mass is 16.4. The van der Waals surface area contributed by atoms with E-state index in [4.69, 9.17) is 5.11 Å². The van der Waals surface area contributed by atoms with Crippen LogP contribution in [0.2, 0.25) is 0 Å². The standard InChI is InChI=1S/C15H8O4/c16-13-10-6-5-8-3-1-2-4-9(8)11(10)7-12(14(13)17)15(18)19/h1-7H,(H,18,19). The Hall–Kier alpha value is -2.75. The molecule has 2 aromatic rings. The molecule has 3 rings (SSSR count). The molecule has 0 aromatic heterocycles. The van der Waals surface area contributed by atoms with E-state index >= 15 is 0 Å². The third-order valence-electron chi connectivity index (χ3n) is 3.19. The highest BCUT2D eigenvalue weighted by molar-refractivity contribution is 6.56. The summed E-state index contributed by atoms with van der Waals surface area (Å²) in [4.78, 5) is 34.6. The summed E-state index contributed by atoms with van der Waals surface area (Å²) in [5.41, 5.74) is 0.280. The average Bonchev–Trinajstić information content (AvgIpc) is 2.42. The van der Waals surface area contributed by atoms with Crippen LogP contribution < -0.4 is 0 Å². The molecule has 0 spiro atoms. The second kappa shape index (κ2) is 3.88. The first-order valence-electron chi connectivity index (χ1n) is 5.65. The molecule has 0 amide bonds. The first kappa shape index (κ1) is 11.3. The maximum Gasteiger partial charge on any atom is 0.339 e. The Morgan fingerprint density at radius 1 is 0.947 bits per heavy atom. The fraction of sp³-hybridized carbons (Fsp3) is 0. The van der Waals surface area contributed by atoms with E-state index in [-0.39, 0.29) is 5.56 Å². The second-order valence-corrected chi connectivity index (χ2v) is 4.27. The van der Waals surface area contributed by atoms with Crippen LogP contribution in [0.1, 0.15) is 15.9 Å². The van der Waals surface area contributed by atoms with Crippen molar-refractivity contribution >= 4 is 34.4 Å². The van der Waals surface area contributed by atoms with Gasteiger partial charge < -0.3 is 5.11 Å². The van der Waals surface area contributed by atoms with E-state index in [1.54, 1.807) is 24.3 Å².